The molecule has 1 rings (SSSR count). The molecule has 110 valence electrons. The van der Waals surface area contributed by atoms with Crippen LogP contribution in [0.1, 0.15) is 32.4 Å². The average Bonchev–Trinajstić information content (AvgIpc) is 2.83. The zero-order valence-electron chi connectivity index (χ0n) is 12.3. The van der Waals surface area contributed by atoms with E-state index in [1.54, 1.807) is 4.68 Å². The summed E-state index contributed by atoms with van der Waals surface area (Å²) in [5.41, 5.74) is 0.954. The fraction of sp³-hybridized carbons (Fsp3) is 0.846. The molecule has 0 spiro atoms. The second-order valence-corrected chi connectivity index (χ2v) is 5.15. The van der Waals surface area contributed by atoms with Gasteiger partial charge < -0.3 is 15.3 Å². The quantitative estimate of drug-likeness (QED) is 0.605. The highest BCUT2D eigenvalue weighted by Gasteiger charge is 2.03. The van der Waals surface area contributed by atoms with Crippen molar-refractivity contribution in [3.8, 4) is 0 Å². The topological polar surface area (TPSA) is 66.2 Å². The lowest BCUT2D eigenvalue weighted by molar-refractivity contribution is 0.269. The fourth-order valence-corrected chi connectivity index (χ4v) is 1.69. The maximum absolute atomic E-state index is 8.74. The molecule has 6 nitrogen and oxygen atoms in total. The molecule has 0 aliphatic heterocycles. The van der Waals surface area contributed by atoms with Gasteiger partial charge in [-0.3, -0.25) is 4.68 Å². The van der Waals surface area contributed by atoms with Gasteiger partial charge in [0.2, 0.25) is 0 Å². The number of aliphatic hydroxyl groups excluding tert-OH is 1. The normalized spacial score (nSPS) is 11.7. The lowest BCUT2D eigenvalue weighted by Crippen LogP contribution is -2.29. The Morgan fingerprint density at radius 2 is 2.21 bits per heavy atom. The van der Waals surface area contributed by atoms with Crippen LogP contribution < -0.4 is 5.32 Å². The van der Waals surface area contributed by atoms with E-state index >= 15 is 0 Å². The number of nitrogens with one attached hydrogen (secondary N) is 1. The molecule has 0 fully saturated rings. The summed E-state index contributed by atoms with van der Waals surface area (Å²) in [6, 6.07) is 0.603. The van der Waals surface area contributed by atoms with Crippen LogP contribution in [0.4, 0.5) is 0 Å². The minimum Gasteiger partial charge on any atom is -0.396 e. The molecule has 1 aromatic rings. The van der Waals surface area contributed by atoms with E-state index in [0.29, 0.717) is 6.04 Å². The van der Waals surface area contributed by atoms with Crippen molar-refractivity contribution in [1.29, 1.82) is 0 Å². The van der Waals surface area contributed by atoms with E-state index in [1.807, 2.05) is 6.20 Å². The van der Waals surface area contributed by atoms with E-state index in [2.05, 4.69) is 41.4 Å². The van der Waals surface area contributed by atoms with Crippen molar-refractivity contribution >= 4 is 0 Å². The standard InChI is InChI=1S/C13H27N5O/c1-12(2)17(3)7-4-6-14-10-13-11-18(16-15-13)8-5-9-19/h11-12,14,19H,4-10H2,1-3H3. The Labute approximate surface area is 115 Å². The van der Waals surface area contributed by atoms with Crippen molar-refractivity contribution < 1.29 is 5.11 Å². The van der Waals surface area contributed by atoms with Gasteiger partial charge in [0.1, 0.15) is 0 Å². The Hall–Kier alpha value is -0.980. The van der Waals surface area contributed by atoms with Crippen molar-refractivity contribution in [3.63, 3.8) is 0 Å². The predicted molar refractivity (Wildman–Crippen MR) is 75.8 cm³/mol. The number of hydrogen-bond acceptors (Lipinski definition) is 5. The summed E-state index contributed by atoms with van der Waals surface area (Å²) < 4.78 is 1.78. The number of hydrogen-bond donors (Lipinski definition) is 2. The summed E-state index contributed by atoms with van der Waals surface area (Å²) in [5, 5.41) is 20.2. The highest BCUT2D eigenvalue weighted by atomic mass is 16.3. The van der Waals surface area contributed by atoms with Crippen LogP contribution in [0, 0.1) is 0 Å². The van der Waals surface area contributed by atoms with Gasteiger partial charge in [-0.1, -0.05) is 5.21 Å². The molecule has 0 bridgehead atoms. The van der Waals surface area contributed by atoms with Crippen molar-refractivity contribution in [3.05, 3.63) is 11.9 Å². The van der Waals surface area contributed by atoms with Gasteiger partial charge in [-0.15, -0.1) is 5.10 Å². The summed E-state index contributed by atoms with van der Waals surface area (Å²) in [6.07, 6.45) is 3.79. The zero-order valence-corrected chi connectivity index (χ0v) is 12.3. The molecule has 0 aromatic carbocycles. The highest BCUT2D eigenvalue weighted by molar-refractivity contribution is 4.91. The van der Waals surface area contributed by atoms with E-state index in [0.717, 1.165) is 44.7 Å². The Balaban J connectivity index is 2.10. The summed E-state index contributed by atoms with van der Waals surface area (Å²) in [4.78, 5) is 2.34. The fourth-order valence-electron chi connectivity index (χ4n) is 1.69. The van der Waals surface area contributed by atoms with Crippen LogP contribution in [0.3, 0.4) is 0 Å². The van der Waals surface area contributed by atoms with Gasteiger partial charge in [0.15, 0.2) is 0 Å². The molecule has 0 amide bonds. The molecule has 6 heteroatoms. The summed E-state index contributed by atoms with van der Waals surface area (Å²) in [6.45, 7) is 8.18. The molecular weight excluding hydrogens is 242 g/mol. The summed E-state index contributed by atoms with van der Waals surface area (Å²) in [5.74, 6) is 0. The lowest BCUT2D eigenvalue weighted by atomic mass is 10.3. The molecule has 1 heterocycles. The maximum atomic E-state index is 8.74. The molecule has 19 heavy (non-hydrogen) atoms. The van der Waals surface area contributed by atoms with Crippen LogP contribution >= 0.6 is 0 Å². The van der Waals surface area contributed by atoms with Crippen molar-refractivity contribution in [2.24, 2.45) is 0 Å². The van der Waals surface area contributed by atoms with Crippen molar-refractivity contribution in [2.75, 3.05) is 26.7 Å². The first kappa shape index (κ1) is 16.1. The molecular formula is C13H27N5O. The molecule has 1 aromatic heterocycles. The number of aromatic nitrogens is 3. The third-order valence-corrected chi connectivity index (χ3v) is 3.18. The van der Waals surface area contributed by atoms with E-state index in [1.165, 1.54) is 0 Å². The largest absolute Gasteiger partial charge is 0.396 e. The third kappa shape index (κ3) is 6.66. The monoisotopic (exact) mass is 269 g/mol. The maximum Gasteiger partial charge on any atom is 0.0964 e. The molecule has 0 aliphatic carbocycles. The Morgan fingerprint density at radius 1 is 1.42 bits per heavy atom. The van der Waals surface area contributed by atoms with Crippen LogP contribution in [-0.4, -0.2) is 57.8 Å². The second-order valence-electron chi connectivity index (χ2n) is 5.15. The molecule has 0 radical (unpaired) electrons. The van der Waals surface area contributed by atoms with Gasteiger partial charge >= 0.3 is 0 Å². The van der Waals surface area contributed by atoms with E-state index in [4.69, 9.17) is 5.11 Å². The number of aryl methyl sites for hydroxylation is 1. The molecule has 0 saturated carbocycles. The number of rotatable bonds is 10. The summed E-state index contributed by atoms with van der Waals surface area (Å²) >= 11 is 0. The van der Waals surface area contributed by atoms with Crippen LogP contribution in [-0.2, 0) is 13.1 Å². The van der Waals surface area contributed by atoms with Crippen molar-refractivity contribution in [2.45, 2.75) is 45.8 Å². The van der Waals surface area contributed by atoms with Gasteiger partial charge in [-0.2, -0.15) is 0 Å². The number of aliphatic hydroxyl groups is 1. The van der Waals surface area contributed by atoms with Crippen LogP contribution in [0.15, 0.2) is 6.20 Å². The smallest absolute Gasteiger partial charge is 0.0964 e. The van der Waals surface area contributed by atoms with Gasteiger partial charge in [0, 0.05) is 31.9 Å². The first-order valence-electron chi connectivity index (χ1n) is 7.04. The summed E-state index contributed by atoms with van der Waals surface area (Å²) in [7, 11) is 2.15. The minimum absolute atomic E-state index is 0.191. The van der Waals surface area contributed by atoms with Crippen LogP contribution in [0.25, 0.3) is 0 Å². The Bertz CT molecular complexity index is 340. The van der Waals surface area contributed by atoms with Gasteiger partial charge in [-0.05, 0) is 46.8 Å². The minimum atomic E-state index is 0.191. The van der Waals surface area contributed by atoms with Crippen molar-refractivity contribution in [1.82, 2.24) is 25.2 Å². The molecule has 0 saturated heterocycles. The first-order chi connectivity index (χ1) is 9.13. The van der Waals surface area contributed by atoms with E-state index < -0.39 is 0 Å². The first-order valence-corrected chi connectivity index (χ1v) is 7.04. The molecule has 0 aliphatic rings. The van der Waals surface area contributed by atoms with E-state index in [-0.39, 0.29) is 6.61 Å². The predicted octanol–water partition coefficient (Wildman–Crippen LogP) is 0.480. The Kier molecular flexibility index (Phi) is 7.62. The second kappa shape index (κ2) is 9.01. The highest BCUT2D eigenvalue weighted by Crippen LogP contribution is 1.96. The SMILES string of the molecule is CC(C)N(C)CCCNCc1cn(CCCO)nn1. The molecule has 2 N–H and O–H groups in total. The Morgan fingerprint density at radius 3 is 2.89 bits per heavy atom. The van der Waals surface area contributed by atoms with Crippen LogP contribution in [0.2, 0.25) is 0 Å². The van der Waals surface area contributed by atoms with Gasteiger partial charge in [0.25, 0.3) is 0 Å². The third-order valence-electron chi connectivity index (χ3n) is 3.18. The zero-order chi connectivity index (χ0) is 14.1. The van der Waals surface area contributed by atoms with Gasteiger partial charge in [0.05, 0.1) is 5.69 Å². The van der Waals surface area contributed by atoms with Crippen LogP contribution in [0.5, 0.6) is 0 Å². The van der Waals surface area contributed by atoms with E-state index in [9.17, 15) is 0 Å². The average molecular weight is 269 g/mol. The molecule has 0 unspecified atom stereocenters. The lowest BCUT2D eigenvalue weighted by Gasteiger charge is -2.20. The molecule has 0 atom stereocenters. The number of nitrogens with zero attached hydrogens (tertiary/aromatic N) is 4. The van der Waals surface area contributed by atoms with Gasteiger partial charge in [-0.25, -0.2) is 0 Å².